The molecule has 6 rings (SSSR count). The van der Waals surface area contributed by atoms with E-state index >= 15 is 0 Å². The summed E-state index contributed by atoms with van der Waals surface area (Å²) in [5.41, 5.74) is 15.6. The number of allylic oxidation sites excluding steroid dienone is 4. The average Bonchev–Trinajstić information content (AvgIpc) is 3.56. The molecule has 1 unspecified atom stereocenters. The molecule has 0 aliphatic heterocycles. The normalized spacial score (nSPS) is 14.7. The Balaban J connectivity index is 0.00000240. The van der Waals surface area contributed by atoms with Gasteiger partial charge in [-0.25, -0.2) is 0 Å². The van der Waals surface area contributed by atoms with Gasteiger partial charge in [0.25, 0.3) is 0 Å². The summed E-state index contributed by atoms with van der Waals surface area (Å²) in [4.78, 5) is 0. The Kier molecular flexibility index (Phi) is 11.6. The van der Waals surface area contributed by atoms with Crippen LogP contribution in [0.2, 0.25) is 10.0 Å². The molecule has 0 saturated heterocycles. The molecular weight excluding hydrogens is 725 g/mol. The fourth-order valence-electron chi connectivity index (χ4n) is 6.99. The van der Waals surface area contributed by atoms with Gasteiger partial charge in [-0.15, -0.1) is 0 Å². The van der Waals surface area contributed by atoms with Gasteiger partial charge in [-0.2, -0.15) is 0 Å². The molecule has 2 aliphatic carbocycles. The largest absolute Gasteiger partial charge is 1.00 e. The van der Waals surface area contributed by atoms with Gasteiger partial charge in [-0.05, 0) is 0 Å². The molecule has 0 aromatic heterocycles. The van der Waals surface area contributed by atoms with Crippen LogP contribution in [0, 0.1) is 39.0 Å². The van der Waals surface area contributed by atoms with E-state index in [9.17, 15) is 0 Å². The van der Waals surface area contributed by atoms with Crippen molar-refractivity contribution in [3.8, 4) is 11.1 Å². The molecule has 0 radical (unpaired) electrons. The van der Waals surface area contributed by atoms with E-state index in [0.29, 0.717) is 5.92 Å². The summed E-state index contributed by atoms with van der Waals surface area (Å²) in [5.74, 6) is 0.442. The Morgan fingerprint density at radius 3 is 1.80 bits per heavy atom. The molecule has 0 spiro atoms. The molecule has 5 heteroatoms. The summed E-state index contributed by atoms with van der Waals surface area (Å²) in [6, 6.07) is 24.6. The molecule has 0 bridgehead atoms. The predicted molar refractivity (Wildman–Crippen MR) is 189 cm³/mol. The fraction of sp³-hybridized carbons (Fsp3) is 0.293. The second kappa shape index (κ2) is 14.4. The second-order valence-corrected chi connectivity index (χ2v) is 20.3. The zero-order valence-electron chi connectivity index (χ0n) is 28.0. The SMILES string of the molecule is CCC1C=C(C(C)(C)C)C=[C]1[Zr+2](=[C](c1ccc(Cl)cc1)c1ccc(Cl)cc1)[c]1c(C)c(C)cc2c1Cc1cc(C)c(C)cc1-2.[Cl-].[Cl-]. The van der Waals surface area contributed by atoms with Gasteiger partial charge in [0, 0.05) is 0 Å². The zero-order valence-corrected chi connectivity index (χ0v) is 33.5. The van der Waals surface area contributed by atoms with Crippen molar-refractivity contribution in [1.82, 2.24) is 0 Å². The van der Waals surface area contributed by atoms with Gasteiger partial charge in [0.2, 0.25) is 0 Å². The van der Waals surface area contributed by atoms with Gasteiger partial charge in [0.05, 0.1) is 0 Å². The van der Waals surface area contributed by atoms with Crippen molar-refractivity contribution >= 4 is 29.7 Å². The van der Waals surface area contributed by atoms with E-state index < -0.39 is 21.3 Å². The van der Waals surface area contributed by atoms with Crippen molar-refractivity contribution in [2.45, 2.75) is 68.2 Å². The van der Waals surface area contributed by atoms with E-state index in [1.807, 2.05) is 0 Å². The number of hydrogen-bond acceptors (Lipinski definition) is 0. The molecule has 238 valence electrons. The maximum Gasteiger partial charge on any atom is -1.00 e. The standard InChI is InChI=1S/C17H17.C13H8Cl2.C11H17.2ClH.Zr/c1-10-5-14-9-15-6-11(2)13(4)8-17(15)16(14)7-12(10)3;14-12-5-1-10(2-6-12)9-11-3-7-13(15)8-4-11;1-5-9-6-7-10(8-9)11(2,3)4;;;/h5,7-8H,9H2,1-4H3;1-8H;7-9H,5H2,1-4H3;2*1H;/q;;;;;+2/p-2. The van der Waals surface area contributed by atoms with E-state index in [2.05, 4.69) is 134 Å². The summed E-state index contributed by atoms with van der Waals surface area (Å²) in [5, 5.41) is 1.54. The summed E-state index contributed by atoms with van der Waals surface area (Å²) >= 11 is 10.0. The summed E-state index contributed by atoms with van der Waals surface area (Å²) in [7, 11) is 0. The number of rotatable bonds is 5. The molecule has 0 fully saturated rings. The van der Waals surface area contributed by atoms with Crippen LogP contribution in [-0.2, 0) is 27.7 Å². The molecule has 0 heterocycles. The third-order valence-electron chi connectivity index (χ3n) is 9.78. The van der Waals surface area contributed by atoms with Crippen LogP contribution < -0.4 is 28.1 Å². The Bertz CT molecular complexity index is 1840. The van der Waals surface area contributed by atoms with Gasteiger partial charge in [-0.1, -0.05) is 0 Å². The van der Waals surface area contributed by atoms with Crippen molar-refractivity contribution in [1.29, 1.82) is 0 Å². The van der Waals surface area contributed by atoms with Crippen LogP contribution in [0.1, 0.15) is 78.6 Å². The van der Waals surface area contributed by atoms with Gasteiger partial charge in [0.15, 0.2) is 0 Å². The Hall–Kier alpha value is -1.73. The van der Waals surface area contributed by atoms with E-state index in [0.717, 1.165) is 22.9 Å². The summed E-state index contributed by atoms with van der Waals surface area (Å²) in [6.45, 7) is 18.6. The van der Waals surface area contributed by atoms with Crippen molar-refractivity contribution in [3.63, 3.8) is 0 Å². The van der Waals surface area contributed by atoms with Crippen molar-refractivity contribution in [3.05, 3.63) is 142 Å². The number of hydrogen-bond donors (Lipinski definition) is 0. The third-order valence-corrected chi connectivity index (χ3v) is 18.5. The van der Waals surface area contributed by atoms with Crippen LogP contribution in [0.25, 0.3) is 11.1 Å². The molecule has 0 N–H and O–H groups in total. The maximum absolute atomic E-state index is 6.49. The molecular formula is C41H42Cl4Zr. The monoisotopic (exact) mass is 764 g/mol. The average molecular weight is 768 g/mol. The van der Waals surface area contributed by atoms with Crippen LogP contribution in [0.4, 0.5) is 0 Å². The minimum absolute atomic E-state index is 0. The molecule has 0 nitrogen and oxygen atoms in total. The van der Waals surface area contributed by atoms with Crippen LogP contribution in [0.3, 0.4) is 0 Å². The maximum atomic E-state index is 6.49. The van der Waals surface area contributed by atoms with Gasteiger partial charge in [-0.3, -0.25) is 0 Å². The zero-order chi connectivity index (χ0) is 31.5. The van der Waals surface area contributed by atoms with Crippen molar-refractivity contribution in [2.24, 2.45) is 11.3 Å². The van der Waals surface area contributed by atoms with Gasteiger partial charge >= 0.3 is 284 Å². The van der Waals surface area contributed by atoms with Crippen LogP contribution in [0.15, 0.2) is 87.7 Å². The minimum atomic E-state index is -2.94. The van der Waals surface area contributed by atoms with Crippen LogP contribution in [0.5, 0.6) is 0 Å². The van der Waals surface area contributed by atoms with E-state index in [-0.39, 0.29) is 30.2 Å². The van der Waals surface area contributed by atoms with E-state index in [1.165, 1.54) is 58.9 Å². The van der Waals surface area contributed by atoms with Crippen LogP contribution in [-0.4, -0.2) is 3.21 Å². The summed E-state index contributed by atoms with van der Waals surface area (Å²) in [6.07, 6.45) is 7.32. The number of halogens is 4. The molecule has 0 saturated carbocycles. The number of benzene rings is 4. The summed E-state index contributed by atoms with van der Waals surface area (Å²) < 4.78 is 4.84. The Morgan fingerprint density at radius 2 is 1.28 bits per heavy atom. The topological polar surface area (TPSA) is 0 Å². The van der Waals surface area contributed by atoms with E-state index in [4.69, 9.17) is 23.2 Å². The van der Waals surface area contributed by atoms with Crippen molar-refractivity contribution in [2.75, 3.05) is 0 Å². The predicted octanol–water partition coefficient (Wildman–Crippen LogP) is 5.21. The van der Waals surface area contributed by atoms with Gasteiger partial charge < -0.3 is 24.8 Å². The molecule has 4 aromatic rings. The third kappa shape index (κ3) is 6.88. The first-order valence-electron chi connectivity index (χ1n) is 15.8. The van der Waals surface area contributed by atoms with E-state index in [1.54, 1.807) is 12.1 Å². The first-order chi connectivity index (χ1) is 20.9. The first-order valence-corrected chi connectivity index (χ1v) is 20.3. The minimum Gasteiger partial charge on any atom is -1.00 e. The first kappa shape index (κ1) is 37.1. The molecule has 4 aromatic carbocycles. The Labute approximate surface area is 306 Å². The van der Waals surface area contributed by atoms with Gasteiger partial charge in [0.1, 0.15) is 0 Å². The quantitative estimate of drug-likeness (QED) is 0.231. The molecule has 1 atom stereocenters. The van der Waals surface area contributed by atoms with Crippen molar-refractivity contribution < 1.29 is 46.1 Å². The number of aryl methyl sites for hydroxylation is 3. The fourth-order valence-corrected chi connectivity index (χ4v) is 16.6. The van der Waals surface area contributed by atoms with Crippen LogP contribution >= 0.6 is 23.2 Å². The molecule has 46 heavy (non-hydrogen) atoms. The Morgan fingerprint density at radius 1 is 0.761 bits per heavy atom. The molecule has 2 aliphatic rings. The smallest absolute Gasteiger partial charge is 1.00 e. The number of fused-ring (bicyclic) bond motifs is 3. The molecule has 0 amide bonds. The second-order valence-electron chi connectivity index (χ2n) is 13.7.